The molecule has 5 heteroatoms. The zero-order valence-corrected chi connectivity index (χ0v) is 16.1. The lowest BCUT2D eigenvalue weighted by Gasteiger charge is -2.35. The Labute approximate surface area is 137 Å². The quantitative estimate of drug-likeness (QED) is 0.604. The molecule has 0 radical (unpaired) electrons. The number of hydrogen-bond donors (Lipinski definition) is 1. The summed E-state index contributed by atoms with van der Waals surface area (Å²) < 4.78 is 5.69. The van der Waals surface area contributed by atoms with Crippen LogP contribution in [0.5, 0.6) is 0 Å². The summed E-state index contributed by atoms with van der Waals surface area (Å²) in [5.41, 5.74) is 2.30. The molecule has 3 nitrogen and oxygen atoms in total. The highest BCUT2D eigenvalue weighted by Gasteiger charge is 2.37. The molecule has 1 rings (SSSR count). The molecule has 0 spiro atoms. The van der Waals surface area contributed by atoms with Gasteiger partial charge in [-0.05, 0) is 48.2 Å². The van der Waals surface area contributed by atoms with E-state index in [0.717, 1.165) is 16.5 Å². The Morgan fingerprint density at radius 3 is 2.52 bits per heavy atom. The van der Waals surface area contributed by atoms with Crippen molar-refractivity contribution in [3.8, 4) is 0 Å². The van der Waals surface area contributed by atoms with Crippen molar-refractivity contribution in [2.24, 2.45) is 0 Å². The lowest BCUT2D eigenvalue weighted by Crippen LogP contribution is -2.40. The van der Waals surface area contributed by atoms with E-state index in [1.807, 2.05) is 19.2 Å². The summed E-state index contributed by atoms with van der Waals surface area (Å²) in [5.74, 6) is -0.198. The van der Waals surface area contributed by atoms with Crippen molar-refractivity contribution in [1.82, 2.24) is 0 Å². The second-order valence-electron chi connectivity index (χ2n) is 6.62. The van der Waals surface area contributed by atoms with Crippen LogP contribution in [-0.4, -0.2) is 26.2 Å². The van der Waals surface area contributed by atoms with E-state index in [-0.39, 0.29) is 11.0 Å². The Morgan fingerprint density at radius 1 is 1.38 bits per heavy atom. The van der Waals surface area contributed by atoms with E-state index in [0.29, 0.717) is 12.8 Å². The van der Waals surface area contributed by atoms with Crippen LogP contribution in [0.25, 0.3) is 0 Å². The normalized spacial score (nSPS) is 12.3. The average molecular weight is 373 g/mol. The van der Waals surface area contributed by atoms with Crippen LogP contribution in [-0.2, 0) is 22.4 Å². The number of esters is 1. The molecule has 1 aromatic carbocycles. The minimum absolute atomic E-state index is 0.0968. The molecule has 21 heavy (non-hydrogen) atoms. The highest BCUT2D eigenvalue weighted by Crippen LogP contribution is 2.39. The summed E-state index contributed by atoms with van der Waals surface area (Å²) in [6.07, 6.45) is 1.87. The average Bonchev–Trinajstić information content (AvgIpc) is 2.37. The third-order valence-electron chi connectivity index (χ3n) is 4.24. The predicted octanol–water partition coefficient (Wildman–Crippen LogP) is 4.07. The summed E-state index contributed by atoms with van der Waals surface area (Å²) in [6.45, 7) is 8.19. The molecule has 0 amide bonds. The molecule has 0 aliphatic carbocycles. The molecular formula is C16H25BrO3Si. The number of halogens is 1. The van der Waals surface area contributed by atoms with Crippen molar-refractivity contribution < 1.29 is 14.3 Å². The first-order chi connectivity index (χ1) is 9.56. The van der Waals surface area contributed by atoms with E-state index < -0.39 is 8.32 Å². The van der Waals surface area contributed by atoms with Gasteiger partial charge in [-0.25, -0.2) is 0 Å². The van der Waals surface area contributed by atoms with Gasteiger partial charge in [0.05, 0.1) is 7.11 Å². The van der Waals surface area contributed by atoms with Crippen LogP contribution < -0.4 is 0 Å². The third-order valence-corrected chi connectivity index (χ3v) is 8.50. The molecule has 0 aliphatic rings. The number of aryl methyl sites for hydroxylation is 1. The zero-order valence-electron chi connectivity index (χ0n) is 13.5. The zero-order chi connectivity index (χ0) is 16.3. The lowest BCUT2D eigenvalue weighted by atomic mass is 9.98. The number of ether oxygens (including phenoxy) is 1. The maximum atomic E-state index is 11.3. The Balaban J connectivity index is 2.89. The van der Waals surface area contributed by atoms with E-state index >= 15 is 0 Å². The smallest absolute Gasteiger partial charge is 0.305 e. The monoisotopic (exact) mass is 372 g/mol. The van der Waals surface area contributed by atoms with Crippen LogP contribution in [0.2, 0.25) is 18.1 Å². The minimum Gasteiger partial charge on any atom is -0.469 e. The van der Waals surface area contributed by atoms with Crippen molar-refractivity contribution in [2.75, 3.05) is 7.11 Å². The minimum atomic E-state index is -2.23. The van der Waals surface area contributed by atoms with Crippen molar-refractivity contribution in [3.63, 3.8) is 0 Å². The first-order valence-electron chi connectivity index (χ1n) is 7.13. The second-order valence-corrected chi connectivity index (χ2v) is 11.9. The highest BCUT2D eigenvalue weighted by molar-refractivity contribution is 9.10. The van der Waals surface area contributed by atoms with E-state index in [9.17, 15) is 9.59 Å². The van der Waals surface area contributed by atoms with Crippen LogP contribution in [0, 0.1) is 0 Å². The Hall–Kier alpha value is -0.653. The SMILES string of the molecule is COC(=O)CCc1cc(CC(C)(C)[Si](C)(C)O)ccc1Br. The molecule has 0 bridgehead atoms. The van der Waals surface area contributed by atoms with Crippen LogP contribution >= 0.6 is 15.9 Å². The molecule has 1 N–H and O–H groups in total. The fourth-order valence-corrected chi connectivity index (χ4v) is 3.08. The summed E-state index contributed by atoms with van der Waals surface area (Å²) in [4.78, 5) is 21.7. The number of benzene rings is 1. The van der Waals surface area contributed by atoms with Gasteiger partial charge in [0, 0.05) is 10.9 Å². The summed E-state index contributed by atoms with van der Waals surface area (Å²) in [6, 6.07) is 6.21. The van der Waals surface area contributed by atoms with Gasteiger partial charge in [-0.3, -0.25) is 4.79 Å². The van der Waals surface area contributed by atoms with Gasteiger partial charge in [0.1, 0.15) is 0 Å². The van der Waals surface area contributed by atoms with Gasteiger partial charge in [0.25, 0.3) is 0 Å². The first-order valence-corrected chi connectivity index (χ1v) is 10.9. The third kappa shape index (κ3) is 5.24. The molecule has 0 saturated heterocycles. The lowest BCUT2D eigenvalue weighted by molar-refractivity contribution is -0.140. The largest absolute Gasteiger partial charge is 0.469 e. The number of carbonyl (C=O) groups is 1. The van der Waals surface area contributed by atoms with Crippen molar-refractivity contribution in [3.05, 3.63) is 33.8 Å². The summed E-state index contributed by atoms with van der Waals surface area (Å²) >= 11 is 3.53. The summed E-state index contributed by atoms with van der Waals surface area (Å²) in [7, 11) is -0.820. The Kier molecular flexibility index (Phi) is 6.19. The summed E-state index contributed by atoms with van der Waals surface area (Å²) in [5, 5.41) is -0.0968. The van der Waals surface area contributed by atoms with E-state index in [1.165, 1.54) is 12.7 Å². The molecule has 118 valence electrons. The number of rotatable bonds is 6. The molecule has 0 aromatic heterocycles. The van der Waals surface area contributed by atoms with Crippen LogP contribution in [0.3, 0.4) is 0 Å². The Bertz CT molecular complexity index is 507. The van der Waals surface area contributed by atoms with E-state index in [1.54, 1.807) is 0 Å². The maximum absolute atomic E-state index is 11.3. The van der Waals surface area contributed by atoms with Gasteiger partial charge in [-0.2, -0.15) is 0 Å². The maximum Gasteiger partial charge on any atom is 0.305 e. The van der Waals surface area contributed by atoms with Gasteiger partial charge in [0.15, 0.2) is 8.32 Å². The van der Waals surface area contributed by atoms with Crippen molar-refractivity contribution in [1.29, 1.82) is 0 Å². The van der Waals surface area contributed by atoms with Crippen LogP contribution in [0.4, 0.5) is 0 Å². The molecule has 1 aromatic rings. The van der Waals surface area contributed by atoms with Crippen molar-refractivity contribution in [2.45, 2.75) is 51.2 Å². The van der Waals surface area contributed by atoms with Crippen LogP contribution in [0.15, 0.2) is 22.7 Å². The van der Waals surface area contributed by atoms with Gasteiger partial charge in [-0.15, -0.1) is 0 Å². The van der Waals surface area contributed by atoms with Crippen LogP contribution in [0.1, 0.15) is 31.4 Å². The molecule has 0 atom stereocenters. The molecule has 0 heterocycles. The standard InChI is InChI=1S/C16H25BrO3Si/c1-16(2,21(4,5)19)11-12-6-8-14(17)13(10-12)7-9-15(18)20-3/h6,8,10,19H,7,9,11H2,1-5H3. The Morgan fingerprint density at radius 2 is 2.00 bits per heavy atom. The topological polar surface area (TPSA) is 46.5 Å². The van der Waals surface area contributed by atoms with E-state index in [4.69, 9.17) is 0 Å². The van der Waals surface area contributed by atoms with Gasteiger partial charge >= 0.3 is 5.97 Å². The van der Waals surface area contributed by atoms with Crippen molar-refractivity contribution >= 4 is 30.2 Å². The fraction of sp³-hybridized carbons (Fsp3) is 0.562. The second kappa shape index (κ2) is 7.07. The number of hydrogen-bond acceptors (Lipinski definition) is 3. The molecule has 0 saturated carbocycles. The molecular weight excluding hydrogens is 348 g/mol. The highest BCUT2D eigenvalue weighted by atomic mass is 79.9. The van der Waals surface area contributed by atoms with Gasteiger partial charge in [0.2, 0.25) is 0 Å². The number of carbonyl (C=O) groups excluding carboxylic acids is 1. The molecule has 0 aliphatic heterocycles. The van der Waals surface area contributed by atoms with Gasteiger partial charge < -0.3 is 9.53 Å². The molecule has 0 fully saturated rings. The fourth-order valence-electron chi connectivity index (χ4n) is 2.00. The molecule has 0 unspecified atom stereocenters. The van der Waals surface area contributed by atoms with E-state index in [2.05, 4.69) is 46.6 Å². The predicted molar refractivity (Wildman–Crippen MR) is 91.9 cm³/mol. The van der Waals surface area contributed by atoms with Gasteiger partial charge in [-0.1, -0.05) is 41.9 Å². The number of methoxy groups -OCH3 is 1. The first kappa shape index (κ1) is 18.4.